The minimum atomic E-state index is -2.45. The van der Waals surface area contributed by atoms with E-state index < -0.39 is 173 Å². The van der Waals surface area contributed by atoms with E-state index in [1.54, 1.807) is 159 Å². The number of aliphatic hydroxyl groups excluding tert-OH is 1. The molecule has 8 rings (SSSR count). The van der Waals surface area contributed by atoms with Gasteiger partial charge in [0, 0.05) is 83.0 Å². The van der Waals surface area contributed by atoms with Gasteiger partial charge < -0.3 is 80.8 Å². The van der Waals surface area contributed by atoms with E-state index in [1.165, 1.54) is 43.0 Å². The number of benzene rings is 4. The van der Waals surface area contributed by atoms with Gasteiger partial charge in [-0.15, -0.1) is 0 Å². The zero-order valence-electron chi connectivity index (χ0n) is 64.5. The smallest absolute Gasteiger partial charge is 0.410 e. The third-order valence-corrected chi connectivity index (χ3v) is 21.5. The summed E-state index contributed by atoms with van der Waals surface area (Å²) < 4.78 is 36.7. The second kappa shape index (κ2) is 36.4. The number of ether oxygens (including phenoxy) is 6. The number of likely N-dealkylation sites (N-methyl/N-ethyl adjacent to an activating group) is 3. The fourth-order valence-electron chi connectivity index (χ4n) is 15.1. The van der Waals surface area contributed by atoms with Crippen molar-refractivity contribution in [3.63, 3.8) is 0 Å². The van der Waals surface area contributed by atoms with Gasteiger partial charge in [-0.3, -0.25) is 48.1 Å². The average Bonchev–Trinajstić information content (AvgIpc) is 0.668. The zero-order valence-corrected chi connectivity index (χ0v) is 64.5. The number of hydrogen-bond acceptors (Lipinski definition) is 22. The molecule has 3 aliphatic carbocycles. The highest BCUT2D eigenvalue weighted by molar-refractivity contribution is 6.00. The molecule has 0 aromatic heterocycles. The molecule has 30 nitrogen and oxygen atoms in total. The maximum absolute atomic E-state index is 16.0. The van der Waals surface area contributed by atoms with E-state index in [4.69, 9.17) is 34.2 Å². The van der Waals surface area contributed by atoms with Crippen LogP contribution in [0.5, 0.6) is 0 Å². The Morgan fingerprint density at radius 3 is 1.88 bits per heavy atom. The lowest BCUT2D eigenvalue weighted by Crippen LogP contribution is -2.81. The predicted molar refractivity (Wildman–Crippen MR) is 399 cm³/mol. The fraction of sp³-hybridized carbons (Fsp3) is 0.512. The van der Waals surface area contributed by atoms with E-state index in [2.05, 4.69) is 26.6 Å². The van der Waals surface area contributed by atoms with Crippen LogP contribution in [0.2, 0.25) is 0 Å². The van der Waals surface area contributed by atoms with Gasteiger partial charge >= 0.3 is 36.1 Å². The number of anilines is 1. The summed E-state index contributed by atoms with van der Waals surface area (Å²) in [7, 11) is 4.38. The number of rotatable bonds is 32. The van der Waals surface area contributed by atoms with Gasteiger partial charge in [-0.2, -0.15) is 0 Å². The SMILES string of the molecule is CC(=O)O[C@H]1C(=O)[C@@]2(C)[C@H]([C@H](OC(=O)c3ccccc3)[C@]3(O)C[C@H](CC(=O)[C@H](OC(=O)N(C)CCN(C)C(=O)OCc4ccc(NC(=O)[C@H](CCCNC(N)=O)NC(=O)[C@@H](NC(=O)CN(C)CC(=O)C(C)C)C(C)C)cc4)[C@@H](NC(=O)c4ccccc4)c4ccccc4)C(C)=C1C3(C)C)[C@]1(OC(C)=O)CO[C@@H]1C[C@@H]2O. The van der Waals surface area contributed by atoms with Crippen molar-refractivity contribution in [3.05, 3.63) is 149 Å². The number of urea groups is 1. The number of Topliss-reactive ketones (excluding diaryl/α,β-unsaturated/α-hetero) is 3. The molecule has 4 aromatic rings. The van der Waals surface area contributed by atoms with Gasteiger partial charge in [-0.25, -0.2) is 19.2 Å². The lowest BCUT2D eigenvalue weighted by molar-refractivity contribution is -0.345. The van der Waals surface area contributed by atoms with Crippen molar-refractivity contribution < 1.29 is 101 Å². The number of carbonyl (C=O) groups is 13. The summed E-state index contributed by atoms with van der Waals surface area (Å²) in [6.45, 7) is 14.2. The molecule has 30 heteroatoms. The summed E-state index contributed by atoms with van der Waals surface area (Å²) in [5.41, 5.74) is -1.35. The molecule has 594 valence electrons. The third kappa shape index (κ3) is 19.6. The molecule has 3 fully saturated rings. The quantitative estimate of drug-likeness (QED) is 0.0122. The number of nitrogens with two attached hydrogens (primary N) is 1. The highest BCUT2D eigenvalue weighted by Gasteiger charge is 2.78. The van der Waals surface area contributed by atoms with Crippen molar-refractivity contribution in [3.8, 4) is 0 Å². The van der Waals surface area contributed by atoms with Crippen molar-refractivity contribution in [2.45, 2.75) is 168 Å². The number of hydrogen-bond donors (Lipinski definition) is 8. The molecular weight excluding hydrogens is 1420 g/mol. The summed E-state index contributed by atoms with van der Waals surface area (Å²) in [5.74, 6) is -10.5. The monoisotopic (exact) mass is 1530 g/mol. The van der Waals surface area contributed by atoms with Crippen LogP contribution in [0.25, 0.3) is 0 Å². The minimum absolute atomic E-state index is 0.0120. The number of primary amides is 1. The summed E-state index contributed by atoms with van der Waals surface area (Å²) in [6.07, 6.45) is -11.4. The van der Waals surface area contributed by atoms with Crippen LogP contribution in [0, 0.1) is 34.5 Å². The molecule has 1 saturated heterocycles. The Labute approximate surface area is 639 Å². The van der Waals surface area contributed by atoms with Crippen molar-refractivity contribution in [1.29, 1.82) is 0 Å². The van der Waals surface area contributed by atoms with E-state index in [0.29, 0.717) is 16.8 Å². The predicted octanol–water partition coefficient (Wildman–Crippen LogP) is 5.91. The Kier molecular flexibility index (Phi) is 28.2. The van der Waals surface area contributed by atoms with Gasteiger partial charge in [-0.1, -0.05) is 126 Å². The first-order valence-corrected chi connectivity index (χ1v) is 36.7. The van der Waals surface area contributed by atoms with Gasteiger partial charge in [0.15, 0.2) is 29.4 Å². The number of esters is 3. The van der Waals surface area contributed by atoms with Crippen LogP contribution >= 0.6 is 0 Å². The topological polar surface area (TPSA) is 414 Å². The van der Waals surface area contributed by atoms with Crippen molar-refractivity contribution >= 4 is 82.8 Å². The number of allylic oxidation sites excluding steroid dienone is 1. The van der Waals surface area contributed by atoms with E-state index in [1.807, 2.05) is 0 Å². The highest BCUT2D eigenvalue weighted by atomic mass is 16.6. The number of aliphatic hydroxyl groups is 2. The highest BCUT2D eigenvalue weighted by Crippen LogP contribution is 2.65. The molecule has 4 aromatic carbocycles. The fourth-order valence-corrected chi connectivity index (χ4v) is 15.1. The molecule has 9 N–H and O–H groups in total. The molecule has 0 radical (unpaired) electrons. The van der Waals surface area contributed by atoms with Gasteiger partial charge in [0.1, 0.15) is 42.3 Å². The van der Waals surface area contributed by atoms with Gasteiger partial charge in [0.2, 0.25) is 17.7 Å². The summed E-state index contributed by atoms with van der Waals surface area (Å²) in [5, 5.41) is 40.3. The molecule has 2 bridgehead atoms. The molecule has 0 spiro atoms. The second-order valence-corrected chi connectivity index (χ2v) is 30.3. The third-order valence-electron chi connectivity index (χ3n) is 21.5. The van der Waals surface area contributed by atoms with Crippen LogP contribution in [0.4, 0.5) is 20.1 Å². The Morgan fingerprint density at radius 1 is 0.718 bits per heavy atom. The molecular formula is C80H103N9O21. The van der Waals surface area contributed by atoms with Gasteiger partial charge in [-0.05, 0) is 105 Å². The maximum atomic E-state index is 16.0. The Hall–Kier alpha value is -10.4. The number of ketones is 3. The molecule has 1 aliphatic heterocycles. The van der Waals surface area contributed by atoms with Crippen LogP contribution < -0.4 is 32.3 Å². The lowest BCUT2D eigenvalue weighted by Gasteiger charge is -2.67. The van der Waals surface area contributed by atoms with Crippen LogP contribution in [-0.4, -0.2) is 216 Å². The maximum Gasteiger partial charge on any atom is 0.410 e. The van der Waals surface area contributed by atoms with Crippen LogP contribution in [0.1, 0.15) is 139 Å². The molecule has 2 saturated carbocycles. The first-order valence-electron chi connectivity index (χ1n) is 36.7. The average molecular weight is 1530 g/mol. The standard InChI is InChI=1S/C80H103N9O21/c1-45(2)58(93)41-87(11)42-61(95)85-63(46(3)4)72(99)84-56(30-23-35-82-74(81)101)71(98)83-55-33-31-50(32-34-55)43-105-75(102)88(12)36-37-89(13)76(103)108-65(64(51-24-17-14-18-25-51)86-70(97)52-26-19-15-20-27-52)57(92)38-54-40-80(104)69(109-73(100)53-28-21-16-22-29-53)67-78(10,59(94)39-60-79(67,44-106-60)110-49(7)91)68(96)66(107-48(6)90)62(47(54)5)77(80,8)9/h14-22,24-29,31-34,45-46,54,56,59-60,63-67,69,94,104H,23,30,35-44H2,1-13H3,(H,83,98)(H,84,99)(H,85,95)(H,86,97)(H3,81,82,101)/t54-,56-,59-,60+,63-,64-,65-,66+,67-,69-,78+,79-,80+/m0/s1. The van der Waals surface area contributed by atoms with Crippen LogP contribution in [0.15, 0.2) is 126 Å². The number of amides is 8. The number of fused-ring (bicyclic) bond motifs is 5. The molecule has 110 heavy (non-hydrogen) atoms. The number of carbonyl (C=O) groups excluding carboxylic acids is 13. The van der Waals surface area contributed by atoms with E-state index in [9.17, 15) is 63.0 Å². The Morgan fingerprint density at radius 2 is 1.32 bits per heavy atom. The Bertz CT molecular complexity index is 4080. The molecule has 8 amide bonds. The number of nitrogens with one attached hydrogen (secondary N) is 5. The first kappa shape index (κ1) is 85.2. The van der Waals surface area contributed by atoms with Gasteiger partial charge in [0.25, 0.3) is 5.91 Å². The summed E-state index contributed by atoms with van der Waals surface area (Å²) >= 11 is 0. The summed E-state index contributed by atoms with van der Waals surface area (Å²) in [4.78, 5) is 185. The molecule has 13 atom stereocenters. The number of nitrogens with zero attached hydrogens (tertiary/aromatic N) is 3. The van der Waals surface area contributed by atoms with E-state index >= 15 is 9.59 Å². The van der Waals surface area contributed by atoms with Gasteiger partial charge in [0.05, 0.1) is 48.7 Å². The minimum Gasteiger partial charge on any atom is -0.455 e. The Balaban J connectivity index is 1.02. The van der Waals surface area contributed by atoms with E-state index in [-0.39, 0.29) is 99.2 Å². The summed E-state index contributed by atoms with van der Waals surface area (Å²) in [6, 6.07) is 25.8. The second-order valence-electron chi connectivity index (χ2n) is 30.3. The molecule has 4 aliphatic rings. The van der Waals surface area contributed by atoms with E-state index in [0.717, 1.165) is 18.7 Å². The molecule has 0 unspecified atom stereocenters. The lowest BCUT2D eigenvalue weighted by atomic mass is 9.44. The first-order chi connectivity index (χ1) is 51.8. The van der Waals surface area contributed by atoms with Crippen molar-refractivity contribution in [2.24, 2.45) is 40.2 Å². The van der Waals surface area contributed by atoms with Crippen molar-refractivity contribution in [1.82, 2.24) is 36.0 Å². The van der Waals surface area contributed by atoms with Crippen LogP contribution in [0.3, 0.4) is 0 Å². The van der Waals surface area contributed by atoms with Crippen molar-refractivity contribution in [2.75, 3.05) is 65.8 Å². The largest absolute Gasteiger partial charge is 0.455 e. The molecule has 1 heterocycles. The zero-order chi connectivity index (χ0) is 80.9. The van der Waals surface area contributed by atoms with Crippen LogP contribution in [-0.2, 0) is 73.4 Å². The normalized spacial score (nSPS) is 23.4.